The Hall–Kier alpha value is -0.740. The SMILES string of the molecule is ClCc1cncn1Cc1ccc(Br)o1. The molecule has 0 saturated carbocycles. The summed E-state index contributed by atoms with van der Waals surface area (Å²) in [6.45, 7) is 0.660. The minimum absolute atomic E-state index is 0.460. The standard InChI is InChI=1S/C9H8BrClN2O/c10-9-2-1-8(14-9)5-13-6-12-4-7(13)3-11/h1-2,4,6H,3,5H2. The fraction of sp³-hybridized carbons (Fsp3) is 0.222. The summed E-state index contributed by atoms with van der Waals surface area (Å²) in [5.41, 5.74) is 0.985. The predicted molar refractivity (Wildman–Crippen MR) is 57.3 cm³/mol. The lowest BCUT2D eigenvalue weighted by molar-refractivity contribution is 0.472. The van der Waals surface area contributed by atoms with E-state index in [-0.39, 0.29) is 0 Å². The Bertz CT molecular complexity index is 424. The van der Waals surface area contributed by atoms with Crippen LogP contribution in [-0.2, 0) is 12.4 Å². The van der Waals surface area contributed by atoms with E-state index in [1.54, 1.807) is 12.5 Å². The van der Waals surface area contributed by atoms with Crippen LogP contribution in [0.3, 0.4) is 0 Å². The van der Waals surface area contributed by atoms with Gasteiger partial charge in [-0.1, -0.05) is 0 Å². The number of rotatable bonds is 3. The molecule has 3 nitrogen and oxygen atoms in total. The highest BCUT2D eigenvalue weighted by Crippen LogP contribution is 2.16. The molecule has 2 aromatic heterocycles. The third-order valence-electron chi connectivity index (χ3n) is 1.89. The fourth-order valence-electron chi connectivity index (χ4n) is 1.21. The Balaban J connectivity index is 2.18. The minimum atomic E-state index is 0.460. The number of hydrogen-bond donors (Lipinski definition) is 0. The van der Waals surface area contributed by atoms with Gasteiger partial charge in [0.05, 0.1) is 24.4 Å². The van der Waals surface area contributed by atoms with Crippen molar-refractivity contribution in [3.05, 3.63) is 40.8 Å². The Morgan fingerprint density at radius 2 is 2.36 bits per heavy atom. The number of alkyl halides is 1. The molecule has 14 heavy (non-hydrogen) atoms. The summed E-state index contributed by atoms with van der Waals surface area (Å²) in [6, 6.07) is 3.79. The molecule has 2 rings (SSSR count). The maximum absolute atomic E-state index is 5.74. The van der Waals surface area contributed by atoms with Gasteiger partial charge in [-0.15, -0.1) is 11.6 Å². The molecule has 0 fully saturated rings. The van der Waals surface area contributed by atoms with E-state index in [4.69, 9.17) is 16.0 Å². The molecule has 0 aromatic carbocycles. The molecule has 0 atom stereocenters. The Labute approximate surface area is 94.8 Å². The van der Waals surface area contributed by atoms with Gasteiger partial charge in [0.1, 0.15) is 5.76 Å². The van der Waals surface area contributed by atoms with Crippen molar-refractivity contribution in [1.29, 1.82) is 0 Å². The third kappa shape index (κ3) is 2.01. The summed E-state index contributed by atoms with van der Waals surface area (Å²) in [4.78, 5) is 4.02. The minimum Gasteiger partial charge on any atom is -0.452 e. The molecule has 74 valence electrons. The molecule has 0 aliphatic rings. The number of furan rings is 1. The molecule has 0 spiro atoms. The van der Waals surface area contributed by atoms with Gasteiger partial charge in [0.15, 0.2) is 4.67 Å². The van der Waals surface area contributed by atoms with Crippen molar-refractivity contribution in [3.8, 4) is 0 Å². The topological polar surface area (TPSA) is 31.0 Å². The largest absolute Gasteiger partial charge is 0.452 e. The van der Waals surface area contributed by atoms with Crippen LogP contribution in [0.2, 0.25) is 0 Å². The smallest absolute Gasteiger partial charge is 0.169 e. The summed E-state index contributed by atoms with van der Waals surface area (Å²) in [5.74, 6) is 1.34. The van der Waals surface area contributed by atoms with E-state index in [0.717, 1.165) is 16.1 Å². The number of aromatic nitrogens is 2. The zero-order chi connectivity index (χ0) is 9.97. The van der Waals surface area contributed by atoms with E-state index in [2.05, 4.69) is 20.9 Å². The van der Waals surface area contributed by atoms with Crippen molar-refractivity contribution in [1.82, 2.24) is 9.55 Å². The van der Waals surface area contributed by atoms with Gasteiger partial charge in [0.2, 0.25) is 0 Å². The van der Waals surface area contributed by atoms with Crippen LogP contribution in [0.15, 0.2) is 33.7 Å². The van der Waals surface area contributed by atoms with E-state index >= 15 is 0 Å². The molecule has 0 amide bonds. The lowest BCUT2D eigenvalue weighted by Crippen LogP contribution is -2.00. The van der Waals surface area contributed by atoms with Crippen LogP contribution in [0.25, 0.3) is 0 Å². The van der Waals surface area contributed by atoms with Crippen LogP contribution in [-0.4, -0.2) is 9.55 Å². The first-order valence-corrected chi connectivity index (χ1v) is 5.41. The highest BCUT2D eigenvalue weighted by atomic mass is 79.9. The van der Waals surface area contributed by atoms with Crippen LogP contribution in [0.4, 0.5) is 0 Å². The number of hydrogen-bond acceptors (Lipinski definition) is 2. The van der Waals surface area contributed by atoms with Crippen LogP contribution in [0.1, 0.15) is 11.5 Å². The van der Waals surface area contributed by atoms with E-state index in [9.17, 15) is 0 Å². The molecule has 0 aliphatic carbocycles. The fourth-order valence-corrected chi connectivity index (χ4v) is 1.77. The van der Waals surface area contributed by atoms with Gasteiger partial charge in [-0.3, -0.25) is 0 Å². The lowest BCUT2D eigenvalue weighted by Gasteiger charge is -2.02. The molecule has 0 N–H and O–H groups in total. The van der Waals surface area contributed by atoms with E-state index in [1.807, 2.05) is 16.7 Å². The first-order chi connectivity index (χ1) is 6.79. The van der Waals surface area contributed by atoms with Crippen molar-refractivity contribution in [2.75, 3.05) is 0 Å². The molecule has 0 unspecified atom stereocenters. The van der Waals surface area contributed by atoms with Crippen LogP contribution in [0.5, 0.6) is 0 Å². The van der Waals surface area contributed by atoms with Crippen LogP contribution < -0.4 is 0 Å². The maximum atomic E-state index is 5.74. The van der Waals surface area contributed by atoms with Gasteiger partial charge in [0.25, 0.3) is 0 Å². The molecular weight excluding hydrogens is 267 g/mol. The summed E-state index contributed by atoms with van der Waals surface area (Å²) >= 11 is 9.00. The van der Waals surface area contributed by atoms with Gasteiger partial charge in [-0.25, -0.2) is 4.98 Å². The molecule has 0 saturated heterocycles. The summed E-state index contributed by atoms with van der Waals surface area (Å²) in [6.07, 6.45) is 3.50. The van der Waals surface area contributed by atoms with Gasteiger partial charge in [0, 0.05) is 6.20 Å². The number of nitrogens with zero attached hydrogens (tertiary/aromatic N) is 2. The number of imidazole rings is 1. The molecule has 2 heterocycles. The summed E-state index contributed by atoms with van der Waals surface area (Å²) in [7, 11) is 0. The Morgan fingerprint density at radius 1 is 1.50 bits per heavy atom. The first kappa shape index (κ1) is 9.80. The van der Waals surface area contributed by atoms with Crippen molar-refractivity contribution in [2.24, 2.45) is 0 Å². The van der Waals surface area contributed by atoms with E-state index in [1.165, 1.54) is 0 Å². The lowest BCUT2D eigenvalue weighted by atomic mass is 10.4. The van der Waals surface area contributed by atoms with Gasteiger partial charge >= 0.3 is 0 Å². The van der Waals surface area contributed by atoms with E-state index < -0.39 is 0 Å². The van der Waals surface area contributed by atoms with Gasteiger partial charge in [-0.2, -0.15) is 0 Å². The molecule has 2 aromatic rings. The molecule has 0 bridgehead atoms. The average Bonchev–Trinajstić information content (AvgIpc) is 2.76. The monoisotopic (exact) mass is 274 g/mol. The van der Waals surface area contributed by atoms with Gasteiger partial charge < -0.3 is 8.98 Å². The predicted octanol–water partition coefficient (Wildman–Crippen LogP) is 3.03. The maximum Gasteiger partial charge on any atom is 0.169 e. The molecule has 0 aliphatic heterocycles. The number of halogens is 2. The van der Waals surface area contributed by atoms with Crippen molar-refractivity contribution in [2.45, 2.75) is 12.4 Å². The van der Waals surface area contributed by atoms with Crippen molar-refractivity contribution >= 4 is 27.5 Å². The van der Waals surface area contributed by atoms with Crippen LogP contribution in [0, 0.1) is 0 Å². The molecule has 0 radical (unpaired) electrons. The third-order valence-corrected chi connectivity index (χ3v) is 2.59. The first-order valence-electron chi connectivity index (χ1n) is 4.09. The molecular formula is C9H8BrClN2O. The Kier molecular flexibility index (Phi) is 2.93. The highest BCUT2D eigenvalue weighted by Gasteiger charge is 2.04. The second-order valence-electron chi connectivity index (χ2n) is 2.85. The quantitative estimate of drug-likeness (QED) is 0.806. The highest BCUT2D eigenvalue weighted by molar-refractivity contribution is 9.10. The van der Waals surface area contributed by atoms with Crippen molar-refractivity contribution in [3.63, 3.8) is 0 Å². The Morgan fingerprint density at radius 3 is 3.00 bits per heavy atom. The van der Waals surface area contributed by atoms with E-state index in [0.29, 0.717) is 12.4 Å². The molecule has 5 heteroatoms. The second-order valence-corrected chi connectivity index (χ2v) is 3.90. The zero-order valence-corrected chi connectivity index (χ0v) is 9.62. The second kappa shape index (κ2) is 4.19. The zero-order valence-electron chi connectivity index (χ0n) is 7.28. The summed E-state index contributed by atoms with van der Waals surface area (Å²) in [5, 5.41) is 0. The van der Waals surface area contributed by atoms with Crippen molar-refractivity contribution < 1.29 is 4.42 Å². The normalized spacial score (nSPS) is 10.7. The summed E-state index contributed by atoms with van der Waals surface area (Å²) < 4.78 is 8.07. The average molecular weight is 276 g/mol. The van der Waals surface area contributed by atoms with Gasteiger partial charge in [-0.05, 0) is 28.1 Å². The van der Waals surface area contributed by atoms with Crippen LogP contribution >= 0.6 is 27.5 Å².